The quantitative estimate of drug-likeness (QED) is 0.345. The van der Waals surface area contributed by atoms with Gasteiger partial charge in [0.15, 0.2) is 0 Å². The normalized spacial score (nSPS) is 16.9. The fraction of sp³-hybridized carbons (Fsp3) is 0.286. The molecule has 2 aliphatic heterocycles. The maximum absolute atomic E-state index is 14.4. The Morgan fingerprint density at radius 3 is 2.73 bits per heavy atom. The largest absolute Gasteiger partial charge is 0.478 e. The van der Waals surface area contributed by atoms with E-state index in [2.05, 4.69) is 30.5 Å². The van der Waals surface area contributed by atoms with Crippen molar-refractivity contribution in [3.05, 3.63) is 75.8 Å². The summed E-state index contributed by atoms with van der Waals surface area (Å²) in [6, 6.07) is 9.24. The monoisotopic (exact) mass is 562 g/mol. The average Bonchev–Trinajstić information content (AvgIpc) is 3.24. The number of amides is 2. The van der Waals surface area contributed by atoms with Gasteiger partial charge in [-0.05, 0) is 74.3 Å². The number of hydrogen-bond acceptors (Lipinski definition) is 9. The van der Waals surface area contributed by atoms with Crippen LogP contribution < -0.4 is 15.5 Å². The van der Waals surface area contributed by atoms with E-state index in [0.717, 1.165) is 49.8 Å². The second-order valence-corrected chi connectivity index (χ2v) is 10.7. The SMILES string of the molecule is Cc1ccc(C(=O)O)c(-c2cc(F)cc(CNCC3CCN(c4nccc(C=C5SC(=O)NC5=O)n4)CC3)n2)c1. The lowest BCUT2D eigenvalue weighted by Gasteiger charge is -2.32. The summed E-state index contributed by atoms with van der Waals surface area (Å²) >= 11 is 0.850. The number of halogens is 1. The molecular weight excluding hydrogens is 535 g/mol. The zero-order chi connectivity index (χ0) is 28.2. The van der Waals surface area contributed by atoms with Crippen LogP contribution in [0.3, 0.4) is 0 Å². The van der Waals surface area contributed by atoms with Crippen molar-refractivity contribution in [2.45, 2.75) is 26.3 Å². The van der Waals surface area contributed by atoms with Crippen molar-refractivity contribution in [1.29, 1.82) is 0 Å². The van der Waals surface area contributed by atoms with Crippen LogP contribution >= 0.6 is 11.8 Å². The molecule has 2 fully saturated rings. The number of carbonyl (C=O) groups is 3. The molecule has 0 bridgehead atoms. The first-order valence-electron chi connectivity index (χ1n) is 12.8. The summed E-state index contributed by atoms with van der Waals surface area (Å²) in [4.78, 5) is 50.7. The number of nitrogens with one attached hydrogen (secondary N) is 2. The zero-order valence-electron chi connectivity index (χ0n) is 21.7. The highest BCUT2D eigenvalue weighted by molar-refractivity contribution is 8.18. The highest BCUT2D eigenvalue weighted by atomic mass is 32.2. The maximum atomic E-state index is 14.4. The van der Waals surface area contributed by atoms with Crippen LogP contribution in [0.5, 0.6) is 0 Å². The number of carboxylic acids is 1. The van der Waals surface area contributed by atoms with E-state index < -0.39 is 22.9 Å². The second-order valence-electron chi connectivity index (χ2n) is 9.71. The van der Waals surface area contributed by atoms with Gasteiger partial charge in [-0.15, -0.1) is 0 Å². The topological polar surface area (TPSA) is 137 Å². The third kappa shape index (κ3) is 6.52. The van der Waals surface area contributed by atoms with Crippen molar-refractivity contribution in [3.8, 4) is 11.3 Å². The summed E-state index contributed by atoms with van der Waals surface area (Å²) in [6.07, 6.45) is 5.03. The Morgan fingerprint density at radius 1 is 1.20 bits per heavy atom. The molecule has 0 unspecified atom stereocenters. The van der Waals surface area contributed by atoms with Gasteiger partial charge in [0.25, 0.3) is 11.1 Å². The van der Waals surface area contributed by atoms with Crippen LogP contribution in [0.1, 0.15) is 40.2 Å². The lowest BCUT2D eigenvalue weighted by molar-refractivity contribution is -0.115. The van der Waals surface area contributed by atoms with Gasteiger partial charge in [0.2, 0.25) is 5.95 Å². The molecule has 2 aliphatic rings. The van der Waals surface area contributed by atoms with E-state index in [0.29, 0.717) is 46.0 Å². The van der Waals surface area contributed by atoms with Crippen LogP contribution in [-0.4, -0.2) is 56.8 Å². The number of hydrogen-bond donors (Lipinski definition) is 3. The Labute approximate surface area is 234 Å². The molecule has 1 aromatic carbocycles. The Morgan fingerprint density at radius 2 is 2.00 bits per heavy atom. The molecule has 3 aromatic rings. The Bertz CT molecular complexity index is 1510. The number of imide groups is 1. The molecule has 2 amide bonds. The van der Waals surface area contributed by atoms with E-state index in [9.17, 15) is 23.9 Å². The number of aromatic carboxylic acids is 1. The summed E-state index contributed by atoms with van der Waals surface area (Å²) in [5.41, 5.74) is 2.69. The number of carboxylic acid groups (broad SMARTS) is 1. The molecule has 5 rings (SSSR count). The van der Waals surface area contributed by atoms with Crippen LogP contribution in [0.4, 0.5) is 15.1 Å². The van der Waals surface area contributed by atoms with Gasteiger partial charge in [-0.1, -0.05) is 11.6 Å². The molecule has 0 aliphatic carbocycles. The molecule has 0 atom stereocenters. The molecule has 0 spiro atoms. The summed E-state index contributed by atoms with van der Waals surface area (Å²) in [6.45, 7) is 4.44. The number of nitrogens with zero attached hydrogens (tertiary/aromatic N) is 4. The van der Waals surface area contributed by atoms with Crippen molar-refractivity contribution in [3.63, 3.8) is 0 Å². The lowest BCUT2D eigenvalue weighted by Crippen LogP contribution is -2.38. The Balaban J connectivity index is 1.16. The van der Waals surface area contributed by atoms with Crippen molar-refractivity contribution >= 4 is 40.9 Å². The lowest BCUT2D eigenvalue weighted by atomic mass is 9.97. The minimum atomic E-state index is -1.09. The van der Waals surface area contributed by atoms with Crippen molar-refractivity contribution in [2.24, 2.45) is 5.92 Å². The highest BCUT2D eigenvalue weighted by Crippen LogP contribution is 2.27. The van der Waals surface area contributed by atoms with Gasteiger partial charge in [-0.3, -0.25) is 19.9 Å². The first kappa shape index (κ1) is 27.4. The summed E-state index contributed by atoms with van der Waals surface area (Å²) in [5.74, 6) is -1.01. The number of piperidine rings is 1. The van der Waals surface area contributed by atoms with E-state index in [1.807, 2.05) is 6.92 Å². The number of aromatic nitrogens is 3. The Kier molecular flexibility index (Phi) is 8.17. The van der Waals surface area contributed by atoms with Crippen LogP contribution in [0.25, 0.3) is 17.3 Å². The minimum absolute atomic E-state index is 0.0820. The molecule has 2 aromatic heterocycles. The number of rotatable bonds is 8. The second kappa shape index (κ2) is 11.9. The fourth-order valence-corrected chi connectivity index (χ4v) is 5.39. The van der Waals surface area contributed by atoms with E-state index in [-0.39, 0.29) is 5.56 Å². The summed E-state index contributed by atoms with van der Waals surface area (Å²) < 4.78 is 14.4. The maximum Gasteiger partial charge on any atom is 0.336 e. The van der Waals surface area contributed by atoms with Gasteiger partial charge in [0.05, 0.1) is 27.6 Å². The average molecular weight is 563 g/mol. The minimum Gasteiger partial charge on any atom is -0.478 e. The van der Waals surface area contributed by atoms with Crippen LogP contribution in [0.2, 0.25) is 0 Å². The number of carbonyl (C=O) groups excluding carboxylic acids is 2. The predicted octanol–water partition coefficient (Wildman–Crippen LogP) is 4.01. The Hall–Kier alpha value is -4.16. The molecule has 206 valence electrons. The van der Waals surface area contributed by atoms with Crippen LogP contribution in [0.15, 0.2) is 47.5 Å². The van der Waals surface area contributed by atoms with Gasteiger partial charge >= 0.3 is 5.97 Å². The molecule has 0 radical (unpaired) electrons. The van der Waals surface area contributed by atoms with Gasteiger partial charge < -0.3 is 15.3 Å². The standard InChI is InChI=1S/C28H27FN6O4S/c1-16-2-3-21(26(37)38)22(10-16)23-12-18(29)11-20(32-23)15-30-14-17-5-8-35(9-6-17)27-31-7-4-19(33-27)13-24-25(36)34-28(39)40-24/h2-4,7,10-13,17,30H,5-6,8-9,14-15H2,1H3,(H,37,38)(H,34,36,39). The molecule has 12 heteroatoms. The number of thioether (sulfide) groups is 1. The molecule has 10 nitrogen and oxygen atoms in total. The highest BCUT2D eigenvalue weighted by Gasteiger charge is 2.26. The predicted molar refractivity (Wildman–Crippen MR) is 149 cm³/mol. The first-order chi connectivity index (χ1) is 19.2. The molecule has 0 saturated carbocycles. The first-order valence-corrected chi connectivity index (χ1v) is 13.6. The van der Waals surface area contributed by atoms with E-state index in [4.69, 9.17) is 0 Å². The number of pyridine rings is 1. The zero-order valence-corrected chi connectivity index (χ0v) is 22.5. The van der Waals surface area contributed by atoms with Crippen molar-refractivity contribution in [2.75, 3.05) is 24.5 Å². The number of aryl methyl sites for hydroxylation is 1. The van der Waals surface area contributed by atoms with Crippen molar-refractivity contribution < 1.29 is 23.9 Å². The smallest absolute Gasteiger partial charge is 0.336 e. The molecule has 2 saturated heterocycles. The summed E-state index contributed by atoms with van der Waals surface area (Å²) in [7, 11) is 0. The van der Waals surface area contributed by atoms with Gasteiger partial charge in [0, 0.05) is 37.5 Å². The number of benzene rings is 1. The third-order valence-electron chi connectivity index (χ3n) is 6.75. The van der Waals surface area contributed by atoms with E-state index in [1.165, 1.54) is 18.2 Å². The molecule has 40 heavy (non-hydrogen) atoms. The van der Waals surface area contributed by atoms with Crippen LogP contribution in [-0.2, 0) is 11.3 Å². The van der Waals surface area contributed by atoms with E-state index in [1.54, 1.807) is 30.5 Å². The third-order valence-corrected chi connectivity index (χ3v) is 7.56. The van der Waals surface area contributed by atoms with Gasteiger partial charge in [0.1, 0.15) is 5.82 Å². The molecule has 3 N–H and O–H groups in total. The van der Waals surface area contributed by atoms with E-state index >= 15 is 0 Å². The number of anilines is 1. The molecular formula is C28H27FN6O4S. The fourth-order valence-electron chi connectivity index (χ4n) is 4.73. The van der Waals surface area contributed by atoms with Gasteiger partial charge in [-0.2, -0.15) is 0 Å². The van der Waals surface area contributed by atoms with Gasteiger partial charge in [-0.25, -0.2) is 19.2 Å². The van der Waals surface area contributed by atoms with Crippen molar-refractivity contribution in [1.82, 2.24) is 25.6 Å². The molecule has 4 heterocycles. The van der Waals surface area contributed by atoms with Crippen LogP contribution in [0, 0.1) is 18.7 Å². The summed E-state index contributed by atoms with van der Waals surface area (Å²) in [5, 5.41) is 14.8.